The van der Waals surface area contributed by atoms with Crippen molar-refractivity contribution in [1.29, 1.82) is 0 Å². The van der Waals surface area contributed by atoms with Gasteiger partial charge in [-0.1, -0.05) is 0 Å². The Balaban J connectivity index is 2.37. The number of hydrogen-bond acceptors (Lipinski definition) is 4. The van der Waals surface area contributed by atoms with E-state index in [0.29, 0.717) is 0 Å². The van der Waals surface area contributed by atoms with E-state index in [4.69, 9.17) is 15.2 Å². The maximum atomic E-state index is 6.16. The zero-order chi connectivity index (χ0) is 15.5. The lowest BCUT2D eigenvalue weighted by molar-refractivity contribution is 0.391. The number of rotatable bonds is 5. The van der Waals surface area contributed by atoms with E-state index >= 15 is 0 Å². The van der Waals surface area contributed by atoms with Crippen LogP contribution in [0.4, 0.5) is 5.69 Å². The van der Waals surface area contributed by atoms with Gasteiger partial charge >= 0.3 is 0 Å². The number of methoxy groups -OCH3 is 2. The minimum Gasteiger partial charge on any atom is -0.496 e. The van der Waals surface area contributed by atoms with Gasteiger partial charge in [-0.15, -0.1) is 0 Å². The van der Waals surface area contributed by atoms with Gasteiger partial charge in [0.25, 0.3) is 0 Å². The monoisotopic (exact) mass is 292 g/mol. The standard InChI is InChI=1S/C17H28N2O2/c1-17(2,18)12-13-10-16(21-4)14(11-15(13)20-3)19-8-6-5-7-9-19/h10-11H,5-9,12,18H2,1-4H3. The molecule has 0 aromatic heterocycles. The molecule has 1 fully saturated rings. The smallest absolute Gasteiger partial charge is 0.142 e. The highest BCUT2D eigenvalue weighted by molar-refractivity contribution is 5.64. The number of benzene rings is 1. The molecule has 0 bridgehead atoms. The van der Waals surface area contributed by atoms with Gasteiger partial charge < -0.3 is 20.1 Å². The normalized spacial score (nSPS) is 16.0. The lowest BCUT2D eigenvalue weighted by Gasteiger charge is -2.31. The summed E-state index contributed by atoms with van der Waals surface area (Å²) in [4.78, 5) is 2.39. The van der Waals surface area contributed by atoms with Crippen LogP contribution in [-0.4, -0.2) is 32.8 Å². The van der Waals surface area contributed by atoms with Crippen LogP contribution in [0.5, 0.6) is 11.5 Å². The Morgan fingerprint density at radius 2 is 1.67 bits per heavy atom. The zero-order valence-electron chi connectivity index (χ0n) is 13.7. The Kier molecular flexibility index (Phi) is 4.99. The lowest BCUT2D eigenvalue weighted by atomic mass is 9.95. The number of hydrogen-bond donors (Lipinski definition) is 1. The van der Waals surface area contributed by atoms with E-state index in [9.17, 15) is 0 Å². The molecule has 0 amide bonds. The molecule has 0 radical (unpaired) electrons. The van der Waals surface area contributed by atoms with E-state index in [0.717, 1.165) is 42.3 Å². The van der Waals surface area contributed by atoms with Gasteiger partial charge in [-0.25, -0.2) is 0 Å². The second-order valence-corrected chi connectivity index (χ2v) is 6.55. The van der Waals surface area contributed by atoms with Crippen molar-refractivity contribution in [2.24, 2.45) is 5.73 Å². The molecule has 0 atom stereocenters. The van der Waals surface area contributed by atoms with Gasteiger partial charge in [0.05, 0.1) is 19.9 Å². The summed E-state index contributed by atoms with van der Waals surface area (Å²) < 4.78 is 11.2. The highest BCUT2D eigenvalue weighted by atomic mass is 16.5. The summed E-state index contributed by atoms with van der Waals surface area (Å²) >= 11 is 0. The number of anilines is 1. The lowest BCUT2D eigenvalue weighted by Crippen LogP contribution is -2.34. The molecular formula is C17H28N2O2. The Bertz CT molecular complexity index is 474. The van der Waals surface area contributed by atoms with Crippen LogP contribution >= 0.6 is 0 Å². The van der Waals surface area contributed by atoms with E-state index in [2.05, 4.69) is 17.0 Å². The third-order valence-corrected chi connectivity index (χ3v) is 3.92. The summed E-state index contributed by atoms with van der Waals surface area (Å²) in [5.74, 6) is 1.81. The van der Waals surface area contributed by atoms with Crippen LogP contribution < -0.4 is 20.1 Å². The molecule has 0 saturated carbocycles. The summed E-state index contributed by atoms with van der Waals surface area (Å²) in [5.41, 5.74) is 8.12. The van der Waals surface area contributed by atoms with Crippen molar-refractivity contribution >= 4 is 5.69 Å². The number of ether oxygens (including phenoxy) is 2. The maximum Gasteiger partial charge on any atom is 0.142 e. The van der Waals surface area contributed by atoms with Crippen LogP contribution in [0.3, 0.4) is 0 Å². The zero-order valence-corrected chi connectivity index (χ0v) is 13.7. The summed E-state index contributed by atoms with van der Waals surface area (Å²) in [5, 5.41) is 0. The third kappa shape index (κ3) is 4.03. The Morgan fingerprint density at radius 3 is 2.19 bits per heavy atom. The van der Waals surface area contributed by atoms with E-state index in [1.54, 1.807) is 14.2 Å². The molecule has 4 heteroatoms. The first-order valence-corrected chi connectivity index (χ1v) is 7.73. The minimum absolute atomic E-state index is 0.273. The van der Waals surface area contributed by atoms with Gasteiger partial charge in [-0.05, 0) is 51.2 Å². The first-order valence-electron chi connectivity index (χ1n) is 7.73. The molecule has 2 rings (SSSR count). The first-order chi connectivity index (χ1) is 9.94. The molecular weight excluding hydrogens is 264 g/mol. The number of nitrogens with zero attached hydrogens (tertiary/aromatic N) is 1. The SMILES string of the molecule is COc1cc(N2CCCCC2)c(OC)cc1CC(C)(C)N. The highest BCUT2D eigenvalue weighted by Gasteiger charge is 2.21. The van der Waals surface area contributed by atoms with Gasteiger partial charge in [-0.3, -0.25) is 0 Å². The largest absolute Gasteiger partial charge is 0.496 e. The summed E-state index contributed by atoms with van der Waals surface area (Å²) in [6.45, 7) is 6.22. The molecule has 1 heterocycles. The Morgan fingerprint density at radius 1 is 1.05 bits per heavy atom. The van der Waals surface area contributed by atoms with Crippen LogP contribution in [0.25, 0.3) is 0 Å². The molecule has 118 valence electrons. The van der Waals surface area contributed by atoms with Crippen molar-refractivity contribution in [3.05, 3.63) is 17.7 Å². The molecule has 0 unspecified atom stereocenters. The fourth-order valence-corrected chi connectivity index (χ4v) is 2.96. The molecule has 1 saturated heterocycles. The third-order valence-electron chi connectivity index (χ3n) is 3.92. The topological polar surface area (TPSA) is 47.7 Å². The van der Waals surface area contributed by atoms with Crippen molar-refractivity contribution < 1.29 is 9.47 Å². The molecule has 1 aromatic rings. The highest BCUT2D eigenvalue weighted by Crippen LogP contribution is 2.37. The van der Waals surface area contributed by atoms with Crippen molar-refractivity contribution in [2.45, 2.75) is 45.1 Å². The van der Waals surface area contributed by atoms with Gasteiger partial charge in [0.1, 0.15) is 11.5 Å². The molecule has 1 aromatic carbocycles. The predicted octanol–water partition coefficient (Wildman–Crippen LogP) is 2.97. The van der Waals surface area contributed by atoms with Crippen molar-refractivity contribution in [1.82, 2.24) is 0 Å². The van der Waals surface area contributed by atoms with Gasteiger partial charge in [-0.2, -0.15) is 0 Å². The van der Waals surface area contributed by atoms with Crippen molar-refractivity contribution in [3.63, 3.8) is 0 Å². The number of piperidine rings is 1. The van der Waals surface area contributed by atoms with Crippen LogP contribution in [0.1, 0.15) is 38.7 Å². The van der Waals surface area contributed by atoms with Crippen LogP contribution in [0.2, 0.25) is 0 Å². The van der Waals surface area contributed by atoms with E-state index < -0.39 is 0 Å². The molecule has 0 aliphatic carbocycles. The summed E-state index contributed by atoms with van der Waals surface area (Å²) in [7, 11) is 3.45. The molecule has 4 nitrogen and oxygen atoms in total. The predicted molar refractivity (Wildman–Crippen MR) is 87.6 cm³/mol. The fraction of sp³-hybridized carbons (Fsp3) is 0.647. The van der Waals surface area contributed by atoms with Gasteiger partial charge in [0.15, 0.2) is 0 Å². The van der Waals surface area contributed by atoms with Gasteiger partial charge in [0, 0.05) is 24.7 Å². The quantitative estimate of drug-likeness (QED) is 0.906. The molecule has 0 spiro atoms. The Hall–Kier alpha value is -1.42. The molecule has 2 N–H and O–H groups in total. The van der Waals surface area contributed by atoms with Crippen LogP contribution in [0, 0.1) is 0 Å². The van der Waals surface area contributed by atoms with E-state index in [-0.39, 0.29) is 5.54 Å². The second-order valence-electron chi connectivity index (χ2n) is 6.55. The summed E-state index contributed by atoms with van der Waals surface area (Å²) in [6.07, 6.45) is 4.55. The van der Waals surface area contributed by atoms with Crippen molar-refractivity contribution in [2.75, 3.05) is 32.2 Å². The average Bonchev–Trinajstić information content (AvgIpc) is 2.46. The second kappa shape index (κ2) is 6.56. The Labute approximate surface area is 128 Å². The average molecular weight is 292 g/mol. The van der Waals surface area contributed by atoms with Crippen LogP contribution in [-0.2, 0) is 6.42 Å². The van der Waals surface area contributed by atoms with Crippen molar-refractivity contribution in [3.8, 4) is 11.5 Å². The molecule has 1 aliphatic heterocycles. The fourth-order valence-electron chi connectivity index (χ4n) is 2.96. The van der Waals surface area contributed by atoms with E-state index in [1.807, 2.05) is 13.8 Å². The first kappa shape index (κ1) is 16.0. The molecule has 1 aliphatic rings. The van der Waals surface area contributed by atoms with Gasteiger partial charge in [0.2, 0.25) is 0 Å². The summed E-state index contributed by atoms with van der Waals surface area (Å²) in [6, 6.07) is 4.18. The molecule has 21 heavy (non-hydrogen) atoms. The van der Waals surface area contributed by atoms with E-state index in [1.165, 1.54) is 19.3 Å². The minimum atomic E-state index is -0.273. The maximum absolute atomic E-state index is 6.16. The number of nitrogens with two attached hydrogens (primary N) is 1. The van der Waals surface area contributed by atoms with Crippen LogP contribution in [0.15, 0.2) is 12.1 Å².